The third-order valence-electron chi connectivity index (χ3n) is 3.92. The number of nitrogens with one attached hydrogen (secondary N) is 2. The number of hydrogen-bond acceptors (Lipinski definition) is 3. The SMILES string of the molecule is O=C(NCc1ccccc1Cl)c1cccc(S(=O)(=O)Nc2ccccc2F)c1. The van der Waals surface area contributed by atoms with Gasteiger partial charge >= 0.3 is 0 Å². The van der Waals surface area contributed by atoms with E-state index in [-0.39, 0.29) is 22.7 Å². The van der Waals surface area contributed by atoms with Crippen LogP contribution in [0.3, 0.4) is 0 Å². The van der Waals surface area contributed by atoms with Crippen molar-refractivity contribution in [3.63, 3.8) is 0 Å². The van der Waals surface area contributed by atoms with Crippen molar-refractivity contribution in [3.05, 3.63) is 94.8 Å². The van der Waals surface area contributed by atoms with Crippen LogP contribution in [-0.4, -0.2) is 14.3 Å². The van der Waals surface area contributed by atoms with Crippen LogP contribution in [-0.2, 0) is 16.6 Å². The van der Waals surface area contributed by atoms with E-state index in [0.717, 1.165) is 11.6 Å². The summed E-state index contributed by atoms with van der Waals surface area (Å²) in [6.45, 7) is 0.197. The largest absolute Gasteiger partial charge is 0.348 e. The van der Waals surface area contributed by atoms with Crippen molar-refractivity contribution >= 4 is 33.2 Å². The van der Waals surface area contributed by atoms with Crippen LogP contribution in [0, 0.1) is 5.82 Å². The van der Waals surface area contributed by atoms with Gasteiger partial charge in [0.25, 0.3) is 15.9 Å². The van der Waals surface area contributed by atoms with E-state index in [1.54, 1.807) is 24.3 Å². The van der Waals surface area contributed by atoms with E-state index < -0.39 is 21.7 Å². The Hall–Kier alpha value is -2.90. The van der Waals surface area contributed by atoms with E-state index in [1.807, 2.05) is 0 Å². The molecule has 0 unspecified atom stereocenters. The summed E-state index contributed by atoms with van der Waals surface area (Å²) >= 11 is 6.06. The molecule has 8 heteroatoms. The molecule has 0 saturated heterocycles. The second kappa shape index (κ2) is 8.41. The summed E-state index contributed by atoms with van der Waals surface area (Å²) in [5.41, 5.74) is 0.724. The van der Waals surface area contributed by atoms with Crippen molar-refractivity contribution in [3.8, 4) is 0 Å². The van der Waals surface area contributed by atoms with Crippen molar-refractivity contribution in [1.29, 1.82) is 0 Å². The van der Waals surface area contributed by atoms with Crippen LogP contribution in [0.2, 0.25) is 5.02 Å². The number of hydrogen-bond donors (Lipinski definition) is 2. The van der Waals surface area contributed by atoms with Crippen molar-refractivity contribution < 1.29 is 17.6 Å². The molecule has 0 heterocycles. The van der Waals surface area contributed by atoms with E-state index in [4.69, 9.17) is 11.6 Å². The highest BCUT2D eigenvalue weighted by Gasteiger charge is 2.18. The molecule has 3 aromatic rings. The number of rotatable bonds is 6. The molecule has 0 fully saturated rings. The summed E-state index contributed by atoms with van der Waals surface area (Å²) in [6.07, 6.45) is 0. The molecule has 1 amide bonds. The summed E-state index contributed by atoms with van der Waals surface area (Å²) in [5.74, 6) is -1.15. The lowest BCUT2D eigenvalue weighted by Crippen LogP contribution is -2.23. The highest BCUT2D eigenvalue weighted by Crippen LogP contribution is 2.20. The van der Waals surface area contributed by atoms with Gasteiger partial charge in [-0.3, -0.25) is 9.52 Å². The standard InChI is InChI=1S/C20H16ClFN2O3S/c21-17-9-2-1-6-15(17)13-23-20(25)14-7-5-8-16(12-14)28(26,27)24-19-11-4-3-10-18(19)22/h1-12,24H,13H2,(H,23,25). The van der Waals surface area contributed by atoms with Crippen LogP contribution >= 0.6 is 11.6 Å². The Morgan fingerprint density at radius 2 is 1.68 bits per heavy atom. The maximum atomic E-state index is 13.7. The Labute approximate surface area is 167 Å². The smallest absolute Gasteiger partial charge is 0.262 e. The number of carbonyl (C=O) groups is 1. The van der Waals surface area contributed by atoms with Crippen molar-refractivity contribution in [2.24, 2.45) is 0 Å². The number of halogens is 2. The van der Waals surface area contributed by atoms with Gasteiger partial charge in [0.1, 0.15) is 5.82 Å². The summed E-state index contributed by atoms with van der Waals surface area (Å²) in [5, 5.41) is 3.22. The van der Waals surface area contributed by atoms with Gasteiger partial charge in [0, 0.05) is 17.1 Å². The number of sulfonamides is 1. The molecular weight excluding hydrogens is 403 g/mol. The summed E-state index contributed by atoms with van der Waals surface area (Å²) in [7, 11) is -4.06. The predicted octanol–water partition coefficient (Wildman–Crippen LogP) is 4.21. The van der Waals surface area contributed by atoms with Crippen LogP contribution in [0.5, 0.6) is 0 Å². The lowest BCUT2D eigenvalue weighted by molar-refractivity contribution is 0.0950. The molecule has 3 aromatic carbocycles. The van der Waals surface area contributed by atoms with Crippen LogP contribution in [0.4, 0.5) is 10.1 Å². The van der Waals surface area contributed by atoms with E-state index in [1.165, 1.54) is 42.5 Å². The fourth-order valence-corrected chi connectivity index (χ4v) is 3.79. The third-order valence-corrected chi connectivity index (χ3v) is 5.65. The minimum absolute atomic E-state index is 0.152. The summed E-state index contributed by atoms with van der Waals surface area (Å²) in [4.78, 5) is 12.2. The molecule has 0 aliphatic carbocycles. The van der Waals surface area contributed by atoms with Crippen LogP contribution in [0.15, 0.2) is 77.7 Å². The second-order valence-corrected chi connectivity index (χ2v) is 7.98. The molecule has 0 radical (unpaired) electrons. The van der Waals surface area contributed by atoms with E-state index in [9.17, 15) is 17.6 Å². The van der Waals surface area contributed by atoms with Gasteiger partial charge in [-0.15, -0.1) is 0 Å². The zero-order valence-corrected chi connectivity index (χ0v) is 16.1. The normalized spacial score (nSPS) is 11.1. The van der Waals surface area contributed by atoms with Crippen LogP contribution < -0.4 is 10.0 Å². The molecule has 0 atom stereocenters. The molecule has 144 valence electrons. The summed E-state index contributed by atoms with van der Waals surface area (Å²) < 4.78 is 41.0. The molecule has 0 saturated carbocycles. The van der Waals surface area contributed by atoms with Gasteiger partial charge in [-0.2, -0.15) is 0 Å². The van der Waals surface area contributed by atoms with Gasteiger partial charge in [0.15, 0.2) is 0 Å². The summed E-state index contributed by atoms with van der Waals surface area (Å²) in [6, 6.07) is 18.0. The predicted molar refractivity (Wildman–Crippen MR) is 106 cm³/mol. The molecule has 0 aromatic heterocycles. The number of anilines is 1. The van der Waals surface area contributed by atoms with Gasteiger partial charge in [-0.1, -0.05) is 48.0 Å². The Morgan fingerprint density at radius 1 is 0.964 bits per heavy atom. The number of carbonyl (C=O) groups excluding carboxylic acids is 1. The van der Waals surface area contributed by atoms with Crippen molar-refractivity contribution in [1.82, 2.24) is 5.32 Å². The minimum Gasteiger partial charge on any atom is -0.348 e. The van der Waals surface area contributed by atoms with E-state index in [0.29, 0.717) is 5.02 Å². The number of para-hydroxylation sites is 1. The Morgan fingerprint density at radius 3 is 2.43 bits per heavy atom. The first-order valence-electron chi connectivity index (χ1n) is 8.26. The molecule has 0 spiro atoms. The Kier molecular flexibility index (Phi) is 5.96. The fraction of sp³-hybridized carbons (Fsp3) is 0.0500. The first kappa shape index (κ1) is 19.9. The van der Waals surface area contributed by atoms with Crippen LogP contribution in [0.25, 0.3) is 0 Å². The first-order valence-corrected chi connectivity index (χ1v) is 10.1. The third kappa shape index (κ3) is 4.68. The molecular formula is C20H16ClFN2O3S. The maximum Gasteiger partial charge on any atom is 0.262 e. The average molecular weight is 419 g/mol. The van der Waals surface area contributed by atoms with Crippen LogP contribution in [0.1, 0.15) is 15.9 Å². The van der Waals surface area contributed by atoms with Gasteiger partial charge in [-0.25, -0.2) is 12.8 Å². The number of amides is 1. The molecule has 2 N–H and O–H groups in total. The lowest BCUT2D eigenvalue weighted by atomic mass is 10.2. The van der Waals surface area contributed by atoms with Crippen molar-refractivity contribution in [2.75, 3.05) is 4.72 Å². The zero-order valence-electron chi connectivity index (χ0n) is 14.5. The van der Waals surface area contributed by atoms with Gasteiger partial charge in [0.05, 0.1) is 10.6 Å². The molecule has 0 aliphatic heterocycles. The molecule has 3 rings (SSSR count). The molecule has 0 aliphatic rings. The molecule has 0 bridgehead atoms. The number of benzene rings is 3. The fourth-order valence-electron chi connectivity index (χ4n) is 2.47. The maximum absolute atomic E-state index is 13.7. The Balaban J connectivity index is 1.77. The molecule has 5 nitrogen and oxygen atoms in total. The monoisotopic (exact) mass is 418 g/mol. The van der Waals surface area contributed by atoms with Crippen molar-refractivity contribution in [2.45, 2.75) is 11.4 Å². The average Bonchev–Trinajstić information content (AvgIpc) is 2.69. The lowest BCUT2D eigenvalue weighted by Gasteiger charge is -2.11. The highest BCUT2D eigenvalue weighted by molar-refractivity contribution is 7.92. The van der Waals surface area contributed by atoms with Gasteiger partial charge in [0.2, 0.25) is 0 Å². The van der Waals surface area contributed by atoms with E-state index >= 15 is 0 Å². The second-order valence-electron chi connectivity index (χ2n) is 5.89. The quantitative estimate of drug-likeness (QED) is 0.629. The van der Waals surface area contributed by atoms with E-state index in [2.05, 4.69) is 10.0 Å². The Bertz CT molecular complexity index is 1120. The zero-order chi connectivity index (χ0) is 20.1. The highest BCUT2D eigenvalue weighted by atomic mass is 35.5. The van der Waals surface area contributed by atoms with Gasteiger partial charge < -0.3 is 5.32 Å². The minimum atomic E-state index is -4.06. The topological polar surface area (TPSA) is 75.3 Å². The van der Waals surface area contributed by atoms with Gasteiger partial charge in [-0.05, 0) is 42.0 Å². The molecule has 28 heavy (non-hydrogen) atoms. The first-order chi connectivity index (χ1) is 13.4.